The Kier molecular flexibility index (Phi) is 4.14. The smallest absolute Gasteiger partial charge is 0.311 e. The Labute approximate surface area is 133 Å². The van der Waals surface area contributed by atoms with E-state index >= 15 is 0 Å². The molecule has 1 aliphatic rings. The number of methoxy groups -OCH3 is 1. The van der Waals surface area contributed by atoms with E-state index in [2.05, 4.69) is 10.1 Å². The van der Waals surface area contributed by atoms with Crippen LogP contribution in [0, 0.1) is 0 Å². The van der Waals surface area contributed by atoms with E-state index in [0.29, 0.717) is 28.7 Å². The van der Waals surface area contributed by atoms with Crippen molar-refractivity contribution < 1.29 is 9.53 Å². The molecule has 1 aromatic carbocycles. The number of ether oxygens (including phenoxy) is 1. The first-order valence-electron chi connectivity index (χ1n) is 7.61. The monoisotopic (exact) mass is 313 g/mol. The van der Waals surface area contributed by atoms with Gasteiger partial charge in [-0.3, -0.25) is 19.7 Å². The van der Waals surface area contributed by atoms with Crippen molar-refractivity contribution in [1.82, 2.24) is 9.78 Å². The zero-order valence-electron chi connectivity index (χ0n) is 13.2. The molecule has 0 bridgehead atoms. The van der Waals surface area contributed by atoms with E-state index in [1.165, 1.54) is 11.8 Å². The third kappa shape index (κ3) is 3.26. The van der Waals surface area contributed by atoms with Gasteiger partial charge >= 0.3 is 5.97 Å². The molecule has 23 heavy (non-hydrogen) atoms. The Hall–Kier alpha value is -2.63. The maximum absolute atomic E-state index is 12.8. The first-order valence-corrected chi connectivity index (χ1v) is 7.61. The molecule has 0 aliphatic heterocycles. The highest BCUT2D eigenvalue weighted by Gasteiger charge is 2.24. The summed E-state index contributed by atoms with van der Waals surface area (Å²) in [4.78, 5) is 29.0. The molecule has 3 rings (SSSR count). The van der Waals surface area contributed by atoms with Crippen molar-refractivity contribution in [3.05, 3.63) is 51.9 Å². The third-order valence-corrected chi connectivity index (χ3v) is 3.81. The molecule has 0 radical (unpaired) electrons. The van der Waals surface area contributed by atoms with Crippen LogP contribution in [0.4, 0.5) is 0 Å². The Morgan fingerprint density at radius 2 is 2.04 bits per heavy atom. The fraction of sp³-hybridized carbons (Fsp3) is 0.353. The summed E-state index contributed by atoms with van der Waals surface area (Å²) in [5.41, 5.74) is 2.19. The zero-order chi connectivity index (χ0) is 16.4. The van der Waals surface area contributed by atoms with Gasteiger partial charge in [0.2, 0.25) is 0 Å². The average molecular weight is 313 g/mol. The van der Waals surface area contributed by atoms with Crippen LogP contribution in [0.25, 0.3) is 5.69 Å². The first kappa shape index (κ1) is 15.3. The van der Waals surface area contributed by atoms with Crippen LogP contribution >= 0.6 is 0 Å². The Morgan fingerprint density at radius 3 is 2.65 bits per heavy atom. The second-order valence-corrected chi connectivity index (χ2v) is 5.64. The van der Waals surface area contributed by atoms with E-state index in [1.807, 2.05) is 37.3 Å². The van der Waals surface area contributed by atoms with Crippen LogP contribution in [0.1, 0.15) is 31.0 Å². The van der Waals surface area contributed by atoms with Crippen molar-refractivity contribution >= 4 is 11.7 Å². The molecular weight excluding hydrogens is 294 g/mol. The summed E-state index contributed by atoms with van der Waals surface area (Å²) in [5.74, 6) is -0.396. The highest BCUT2D eigenvalue weighted by molar-refractivity contribution is 6.00. The molecule has 1 heterocycles. The first-order chi connectivity index (χ1) is 11.1. The molecule has 0 amide bonds. The van der Waals surface area contributed by atoms with E-state index in [-0.39, 0.29) is 12.0 Å². The predicted octanol–water partition coefficient (Wildman–Crippen LogP) is 1.85. The van der Waals surface area contributed by atoms with Crippen molar-refractivity contribution in [2.75, 3.05) is 7.11 Å². The molecule has 0 atom stereocenters. The zero-order valence-corrected chi connectivity index (χ0v) is 13.2. The van der Waals surface area contributed by atoms with Crippen LogP contribution in [-0.4, -0.2) is 34.6 Å². The van der Waals surface area contributed by atoms with Gasteiger partial charge in [-0.1, -0.05) is 18.2 Å². The van der Waals surface area contributed by atoms with Crippen LogP contribution in [0.5, 0.6) is 0 Å². The number of H-pyrrole nitrogens is 1. The standard InChI is InChI=1S/C17H19N3O3/c1-11(18-12-8-9-12)16-14(10-15(21)23-2)19-20(17(16)22)13-6-4-3-5-7-13/h3-7,12,19H,8-10H2,1-2H3. The normalized spacial score (nSPS) is 14.8. The van der Waals surface area contributed by atoms with Crippen molar-refractivity contribution in [1.29, 1.82) is 0 Å². The molecule has 2 aromatic rings. The minimum absolute atomic E-state index is 0.0123. The van der Waals surface area contributed by atoms with Gasteiger partial charge in [0.1, 0.15) is 0 Å². The predicted molar refractivity (Wildman–Crippen MR) is 87.3 cm³/mol. The number of nitrogens with one attached hydrogen (secondary N) is 1. The van der Waals surface area contributed by atoms with Gasteiger partial charge in [-0.2, -0.15) is 0 Å². The molecule has 1 fully saturated rings. The number of aromatic amines is 1. The quantitative estimate of drug-likeness (QED) is 0.676. The fourth-order valence-electron chi connectivity index (χ4n) is 2.50. The van der Waals surface area contributed by atoms with E-state index in [0.717, 1.165) is 12.8 Å². The fourth-order valence-corrected chi connectivity index (χ4v) is 2.50. The van der Waals surface area contributed by atoms with E-state index < -0.39 is 5.97 Å². The lowest BCUT2D eigenvalue weighted by Crippen LogP contribution is -2.20. The number of hydrogen-bond acceptors (Lipinski definition) is 4. The molecule has 0 unspecified atom stereocenters. The van der Waals surface area contributed by atoms with Crippen molar-refractivity contribution in [3.8, 4) is 5.69 Å². The van der Waals surface area contributed by atoms with Gasteiger partial charge < -0.3 is 4.74 Å². The lowest BCUT2D eigenvalue weighted by molar-refractivity contribution is -0.139. The summed E-state index contributed by atoms with van der Waals surface area (Å²) >= 11 is 0. The number of esters is 1. The molecule has 6 nitrogen and oxygen atoms in total. The number of hydrogen-bond donors (Lipinski definition) is 1. The maximum Gasteiger partial charge on any atom is 0.311 e. The number of carbonyl (C=O) groups is 1. The Bertz CT molecular complexity index is 798. The SMILES string of the molecule is COC(=O)Cc1[nH]n(-c2ccccc2)c(=O)c1C(C)=NC1CC1. The molecule has 1 aliphatic carbocycles. The van der Waals surface area contributed by atoms with Crippen LogP contribution in [0.15, 0.2) is 40.1 Å². The molecule has 120 valence electrons. The van der Waals surface area contributed by atoms with Gasteiger partial charge in [-0.25, -0.2) is 4.68 Å². The summed E-state index contributed by atoms with van der Waals surface area (Å²) in [5, 5.41) is 3.03. The average Bonchev–Trinajstić information content (AvgIpc) is 3.30. The highest BCUT2D eigenvalue weighted by Crippen LogP contribution is 2.24. The van der Waals surface area contributed by atoms with Crippen LogP contribution in [0.3, 0.4) is 0 Å². The Morgan fingerprint density at radius 1 is 1.35 bits per heavy atom. The highest BCUT2D eigenvalue weighted by atomic mass is 16.5. The molecule has 1 N–H and O–H groups in total. The summed E-state index contributed by atoms with van der Waals surface area (Å²) in [7, 11) is 1.33. The topological polar surface area (TPSA) is 76.5 Å². The van der Waals surface area contributed by atoms with Crippen LogP contribution in [-0.2, 0) is 16.0 Å². The molecule has 1 saturated carbocycles. The number of benzene rings is 1. The second kappa shape index (κ2) is 6.24. The van der Waals surface area contributed by atoms with Gasteiger partial charge in [-0.05, 0) is 31.9 Å². The van der Waals surface area contributed by atoms with Gasteiger partial charge in [0.15, 0.2) is 0 Å². The molecule has 1 aromatic heterocycles. The molecule has 0 spiro atoms. The van der Waals surface area contributed by atoms with Crippen LogP contribution in [0.2, 0.25) is 0 Å². The number of aromatic nitrogens is 2. The lowest BCUT2D eigenvalue weighted by atomic mass is 10.1. The van der Waals surface area contributed by atoms with Crippen molar-refractivity contribution in [3.63, 3.8) is 0 Å². The number of nitrogens with zero attached hydrogens (tertiary/aromatic N) is 2. The molecule has 0 saturated heterocycles. The van der Waals surface area contributed by atoms with E-state index in [1.54, 1.807) is 0 Å². The van der Waals surface area contributed by atoms with Gasteiger partial charge in [-0.15, -0.1) is 0 Å². The summed E-state index contributed by atoms with van der Waals surface area (Å²) in [6.07, 6.45) is 2.13. The number of aliphatic imine (C=N–C) groups is 1. The van der Waals surface area contributed by atoms with Gasteiger partial charge in [0.05, 0.1) is 36.5 Å². The van der Waals surface area contributed by atoms with E-state index in [9.17, 15) is 9.59 Å². The minimum atomic E-state index is -0.396. The third-order valence-electron chi connectivity index (χ3n) is 3.81. The summed E-state index contributed by atoms with van der Waals surface area (Å²) in [6.45, 7) is 1.82. The lowest BCUT2D eigenvalue weighted by Gasteiger charge is -2.01. The maximum atomic E-state index is 12.8. The summed E-state index contributed by atoms with van der Waals surface area (Å²) in [6, 6.07) is 9.56. The van der Waals surface area contributed by atoms with Crippen molar-refractivity contribution in [2.24, 2.45) is 4.99 Å². The molecular formula is C17H19N3O3. The number of para-hydroxylation sites is 1. The van der Waals surface area contributed by atoms with E-state index in [4.69, 9.17) is 4.74 Å². The molecule has 6 heteroatoms. The summed E-state index contributed by atoms with van der Waals surface area (Å²) < 4.78 is 6.17. The number of carbonyl (C=O) groups excluding carboxylic acids is 1. The largest absolute Gasteiger partial charge is 0.469 e. The van der Waals surface area contributed by atoms with Crippen molar-refractivity contribution in [2.45, 2.75) is 32.2 Å². The van der Waals surface area contributed by atoms with Crippen LogP contribution < -0.4 is 5.56 Å². The van der Waals surface area contributed by atoms with Gasteiger partial charge in [0, 0.05) is 5.71 Å². The minimum Gasteiger partial charge on any atom is -0.469 e. The Balaban J connectivity index is 2.09. The second-order valence-electron chi connectivity index (χ2n) is 5.64. The van der Waals surface area contributed by atoms with Gasteiger partial charge in [0.25, 0.3) is 5.56 Å². The number of rotatable bonds is 5.